The van der Waals surface area contributed by atoms with Crippen LogP contribution >= 0.6 is 7.82 Å². The lowest BCUT2D eigenvalue weighted by atomic mass is 9.68. The highest BCUT2D eigenvalue weighted by molar-refractivity contribution is 7.46. The summed E-state index contributed by atoms with van der Waals surface area (Å²) in [7, 11) is -4.79. The molecule has 0 spiro atoms. The molecule has 4 heterocycles. The van der Waals surface area contributed by atoms with Crippen LogP contribution in [0.1, 0.15) is 64.2 Å². The van der Waals surface area contributed by atoms with Crippen molar-refractivity contribution >= 4 is 19.6 Å². The van der Waals surface area contributed by atoms with Crippen molar-refractivity contribution in [3.63, 3.8) is 0 Å². The van der Waals surface area contributed by atoms with Gasteiger partial charge in [-0.1, -0.05) is 31.8 Å². The van der Waals surface area contributed by atoms with Gasteiger partial charge in [0.15, 0.2) is 0 Å². The van der Waals surface area contributed by atoms with Crippen molar-refractivity contribution in [3.8, 4) is 0 Å². The molecule has 0 aromatic heterocycles. The Balaban J connectivity index is 1.74. The number of phosphoric acid groups is 1. The van der Waals surface area contributed by atoms with Gasteiger partial charge in [-0.05, 0) is 44.6 Å². The Kier molecular flexibility index (Phi) is 8.37. The van der Waals surface area contributed by atoms with Crippen molar-refractivity contribution in [1.29, 1.82) is 0 Å². The third-order valence-corrected chi connectivity index (χ3v) is 8.53. The van der Waals surface area contributed by atoms with Gasteiger partial charge < -0.3 is 35.8 Å². The zero-order valence-corrected chi connectivity index (χ0v) is 20.8. The summed E-state index contributed by atoms with van der Waals surface area (Å²) >= 11 is 0. The van der Waals surface area contributed by atoms with E-state index in [9.17, 15) is 19.6 Å². The zero-order chi connectivity index (χ0) is 25.2. The standard InChI is InChI=1S/C23H38N3O8P/c24-18(27)11-9-15-6-4-5-14-8-10-16-7-2-1-3-12-23(15,26-22(14)25-16)21-20(29)19(28)17(34-21)13-33-35(30,31)32/h9,11,14-17,19-21,28-29H,1-8,10,12-13H2,(H2,24,27)(H,25,26)(H2,30,31,32)/b11-9-. The van der Waals surface area contributed by atoms with E-state index in [2.05, 4.69) is 9.84 Å². The molecule has 198 valence electrons. The Morgan fingerprint density at radius 1 is 1.14 bits per heavy atom. The number of ether oxygens (including phenoxy) is 1. The van der Waals surface area contributed by atoms with E-state index in [0.717, 1.165) is 63.6 Å². The number of amides is 1. The molecule has 8 unspecified atom stereocenters. The molecule has 0 aromatic rings. The Hall–Kier alpha value is -1.33. The van der Waals surface area contributed by atoms with E-state index < -0.39 is 50.3 Å². The normalized spacial score (nSPS) is 40.6. The molecule has 4 rings (SSSR count). The zero-order valence-electron chi connectivity index (χ0n) is 19.9. The summed E-state index contributed by atoms with van der Waals surface area (Å²) in [6, 6.07) is 0.244. The number of nitrogens with zero attached hydrogens (tertiary/aromatic N) is 1. The van der Waals surface area contributed by atoms with Gasteiger partial charge in [0.1, 0.15) is 30.3 Å². The molecule has 2 saturated heterocycles. The fourth-order valence-corrected chi connectivity index (χ4v) is 6.64. The van der Waals surface area contributed by atoms with Crippen LogP contribution in [0, 0.1) is 11.8 Å². The molecule has 8 atom stereocenters. The van der Waals surface area contributed by atoms with Gasteiger partial charge in [0.05, 0.1) is 18.2 Å². The molecule has 4 aliphatic rings. The van der Waals surface area contributed by atoms with Crippen molar-refractivity contribution < 1.29 is 38.6 Å². The van der Waals surface area contributed by atoms with Crippen molar-refractivity contribution in [3.05, 3.63) is 12.2 Å². The number of aliphatic hydroxyl groups excluding tert-OH is 2. The monoisotopic (exact) mass is 515 g/mol. The summed E-state index contributed by atoms with van der Waals surface area (Å²) in [6.45, 7) is -0.567. The van der Waals surface area contributed by atoms with Gasteiger partial charge >= 0.3 is 7.82 Å². The molecule has 0 saturated carbocycles. The first-order valence-corrected chi connectivity index (χ1v) is 14.2. The largest absolute Gasteiger partial charge is 0.469 e. The lowest BCUT2D eigenvalue weighted by Gasteiger charge is -2.49. The average Bonchev–Trinajstić information content (AvgIpc) is 3.07. The minimum Gasteiger partial charge on any atom is -0.388 e. The summed E-state index contributed by atoms with van der Waals surface area (Å²) in [5.74, 6) is 0.325. The molecule has 0 aromatic carbocycles. The summed E-state index contributed by atoms with van der Waals surface area (Å²) in [5.41, 5.74) is 4.52. The molecule has 4 aliphatic heterocycles. The van der Waals surface area contributed by atoms with Gasteiger partial charge in [-0.2, -0.15) is 0 Å². The number of hydrogen-bond acceptors (Lipinski definition) is 8. The number of nitrogens with two attached hydrogens (primary N) is 1. The summed E-state index contributed by atoms with van der Waals surface area (Å²) in [6.07, 6.45) is 7.46. The number of amidine groups is 1. The molecule has 7 N–H and O–H groups in total. The Bertz CT molecular complexity index is 879. The molecule has 11 nitrogen and oxygen atoms in total. The van der Waals surface area contributed by atoms with E-state index in [1.165, 1.54) is 6.08 Å². The number of fused-ring (bicyclic) bond motifs is 2. The van der Waals surface area contributed by atoms with Crippen molar-refractivity contribution in [2.24, 2.45) is 22.6 Å². The van der Waals surface area contributed by atoms with Crippen molar-refractivity contribution in [2.45, 2.75) is 100 Å². The second-order valence-electron chi connectivity index (χ2n) is 10.4. The van der Waals surface area contributed by atoms with Crippen LogP contribution in [0.5, 0.6) is 0 Å². The third kappa shape index (κ3) is 6.15. The van der Waals surface area contributed by atoms with E-state index in [4.69, 9.17) is 25.2 Å². The lowest BCUT2D eigenvalue weighted by Crippen LogP contribution is -2.66. The molecule has 0 radical (unpaired) electrons. The summed E-state index contributed by atoms with van der Waals surface area (Å²) < 4.78 is 22.0. The maximum absolute atomic E-state index is 11.7. The van der Waals surface area contributed by atoms with Crippen LogP contribution < -0.4 is 11.1 Å². The molecular weight excluding hydrogens is 477 g/mol. The van der Waals surface area contributed by atoms with Gasteiger partial charge in [0.25, 0.3) is 0 Å². The van der Waals surface area contributed by atoms with Gasteiger partial charge in [0.2, 0.25) is 5.91 Å². The molecule has 1 amide bonds. The van der Waals surface area contributed by atoms with Crippen LogP contribution in [0.2, 0.25) is 0 Å². The maximum atomic E-state index is 11.7. The third-order valence-electron chi connectivity index (χ3n) is 8.04. The number of carbonyl (C=O) groups excluding carboxylic acids is 1. The predicted octanol–water partition coefficient (Wildman–Crippen LogP) is 0.896. The van der Waals surface area contributed by atoms with Crippen LogP contribution in [-0.4, -0.2) is 74.3 Å². The maximum Gasteiger partial charge on any atom is 0.469 e. The Labute approximate surface area is 205 Å². The molecule has 0 aliphatic carbocycles. The van der Waals surface area contributed by atoms with Crippen molar-refractivity contribution in [1.82, 2.24) is 5.32 Å². The van der Waals surface area contributed by atoms with E-state index in [0.29, 0.717) is 6.42 Å². The molecule has 35 heavy (non-hydrogen) atoms. The number of primary amides is 1. The quantitative estimate of drug-likeness (QED) is 0.221. The number of aliphatic hydroxyl groups is 2. The number of nitrogens with one attached hydrogen (secondary N) is 1. The SMILES string of the molecule is NC(=O)/C=C\C1CCCC2CCC3CCCCCC1(C1OC(COP(=O)(O)O)C(O)C1O)NC2=N3. The average molecular weight is 516 g/mol. The molecule has 12 heteroatoms. The number of aliphatic imine (C=N–C) groups is 1. The first kappa shape index (κ1) is 26.7. The predicted molar refractivity (Wildman–Crippen MR) is 127 cm³/mol. The fourth-order valence-electron chi connectivity index (χ4n) is 6.30. The van der Waals surface area contributed by atoms with Gasteiger partial charge in [-0.3, -0.25) is 14.3 Å². The summed E-state index contributed by atoms with van der Waals surface area (Å²) in [4.78, 5) is 34.9. The highest BCUT2D eigenvalue weighted by Gasteiger charge is 2.57. The fraction of sp³-hybridized carbons (Fsp3) is 0.826. The van der Waals surface area contributed by atoms with Crippen LogP contribution in [0.3, 0.4) is 0 Å². The molecule has 2 fully saturated rings. The van der Waals surface area contributed by atoms with Crippen LogP contribution in [0.15, 0.2) is 17.1 Å². The second kappa shape index (κ2) is 11.0. The first-order valence-electron chi connectivity index (χ1n) is 12.6. The number of phosphoric ester groups is 1. The lowest BCUT2D eigenvalue weighted by molar-refractivity contribution is -0.113. The van der Waals surface area contributed by atoms with Gasteiger partial charge in [-0.15, -0.1) is 0 Å². The summed E-state index contributed by atoms with van der Waals surface area (Å²) in [5, 5.41) is 25.6. The van der Waals surface area contributed by atoms with Gasteiger partial charge in [-0.25, -0.2) is 4.57 Å². The second-order valence-corrected chi connectivity index (χ2v) is 11.6. The first-order chi connectivity index (χ1) is 16.6. The van der Waals surface area contributed by atoms with E-state index in [1.54, 1.807) is 6.08 Å². The minimum absolute atomic E-state index is 0.244. The van der Waals surface area contributed by atoms with E-state index in [1.807, 2.05) is 0 Å². The van der Waals surface area contributed by atoms with Crippen LogP contribution in [-0.2, 0) is 18.6 Å². The van der Waals surface area contributed by atoms with Crippen LogP contribution in [0.25, 0.3) is 0 Å². The topological polar surface area (TPSA) is 184 Å². The van der Waals surface area contributed by atoms with E-state index in [-0.39, 0.29) is 17.9 Å². The Morgan fingerprint density at radius 2 is 1.94 bits per heavy atom. The van der Waals surface area contributed by atoms with E-state index >= 15 is 0 Å². The molecule has 3 bridgehead atoms. The minimum atomic E-state index is -4.79. The number of rotatable bonds is 6. The van der Waals surface area contributed by atoms with Crippen LogP contribution in [0.4, 0.5) is 0 Å². The number of carbonyl (C=O) groups is 1. The van der Waals surface area contributed by atoms with Crippen molar-refractivity contribution in [2.75, 3.05) is 6.61 Å². The van der Waals surface area contributed by atoms with Gasteiger partial charge in [0, 0.05) is 11.8 Å². The smallest absolute Gasteiger partial charge is 0.388 e. The highest BCUT2D eigenvalue weighted by atomic mass is 31.2. The Morgan fingerprint density at radius 3 is 2.69 bits per heavy atom. The number of hydrogen-bond donors (Lipinski definition) is 6. The highest BCUT2D eigenvalue weighted by Crippen LogP contribution is 2.44. The molecular formula is C23H38N3O8P.